The van der Waals surface area contributed by atoms with Crippen LogP contribution in [0.3, 0.4) is 0 Å². The lowest BCUT2D eigenvalue weighted by Gasteiger charge is -2.27. The molecular formula is C19H24N3O10P. The molecule has 1 aliphatic rings. The summed E-state index contributed by atoms with van der Waals surface area (Å²) in [5.74, 6) is -1.33. The number of rotatable bonds is 9. The number of aromatic amines is 1. The van der Waals surface area contributed by atoms with Crippen LogP contribution in [0.4, 0.5) is 0 Å². The van der Waals surface area contributed by atoms with Crippen LogP contribution in [0.5, 0.6) is 5.75 Å². The number of aliphatic carboxylic acids is 1. The summed E-state index contributed by atoms with van der Waals surface area (Å²) in [5.41, 5.74) is -3.78. The van der Waals surface area contributed by atoms with Gasteiger partial charge in [0.05, 0.1) is 7.95 Å². The van der Waals surface area contributed by atoms with Crippen molar-refractivity contribution in [3.63, 3.8) is 0 Å². The molecule has 1 aliphatic heterocycles. The highest BCUT2D eigenvalue weighted by Gasteiger charge is 2.54. The van der Waals surface area contributed by atoms with Crippen LogP contribution >= 0.6 is 7.75 Å². The summed E-state index contributed by atoms with van der Waals surface area (Å²) in [6.45, 7) is 0.334. The molecule has 0 saturated carbocycles. The zero-order chi connectivity index (χ0) is 25.3. The fourth-order valence-corrected chi connectivity index (χ4v) is 4.46. The van der Waals surface area contributed by atoms with Crippen molar-refractivity contribution in [2.24, 2.45) is 0 Å². The van der Waals surface area contributed by atoms with Gasteiger partial charge >= 0.3 is 19.4 Å². The van der Waals surface area contributed by atoms with Crippen LogP contribution in [-0.4, -0.2) is 61.3 Å². The van der Waals surface area contributed by atoms with Gasteiger partial charge in [0.15, 0.2) is 6.23 Å². The van der Waals surface area contributed by atoms with E-state index >= 15 is 0 Å². The Morgan fingerprint density at radius 1 is 1.39 bits per heavy atom. The fourth-order valence-electron chi connectivity index (χ4n) is 3.04. The van der Waals surface area contributed by atoms with Crippen molar-refractivity contribution in [2.75, 3.05) is 6.58 Å². The number of aromatic nitrogens is 2. The largest absolute Gasteiger partial charge is 0.480 e. The summed E-state index contributed by atoms with van der Waals surface area (Å²) in [5, 5.41) is 32.8. The Bertz CT molecular complexity index is 1190. The van der Waals surface area contributed by atoms with E-state index in [1.165, 1.54) is 19.1 Å². The minimum absolute atomic E-state index is 0.0423. The molecule has 13 nitrogen and oxygen atoms in total. The Labute approximate surface area is 188 Å². The number of H-pyrrole nitrogens is 1. The van der Waals surface area contributed by atoms with Crippen LogP contribution in [0.15, 0.2) is 52.2 Å². The second-order valence-electron chi connectivity index (χ2n) is 7.47. The normalized spacial score (nSPS) is 29.0. The molecular weight excluding hydrogens is 461 g/mol. The van der Waals surface area contributed by atoms with Crippen molar-refractivity contribution in [3.8, 4) is 5.75 Å². The molecule has 0 amide bonds. The molecule has 5 N–H and O–H groups in total. The number of para-hydroxylation sites is 1. The molecule has 180 valence electrons. The van der Waals surface area contributed by atoms with Crippen LogP contribution in [0, 0.1) is 0 Å². The molecule has 2 heterocycles. The number of nitrogens with zero attached hydrogens (tertiary/aromatic N) is 1. The number of carboxylic acids is 1. The number of benzene rings is 1. The first-order chi connectivity index (χ1) is 15.8. The van der Waals surface area contributed by atoms with E-state index < -0.39 is 61.6 Å². The molecule has 0 aliphatic carbocycles. The number of carbonyl (C=O) groups is 1. The molecule has 1 aromatic heterocycles. The maximum absolute atomic E-state index is 13.3. The maximum Gasteiger partial charge on any atom is 0.459 e. The highest BCUT2D eigenvalue weighted by Crippen LogP contribution is 2.46. The lowest BCUT2D eigenvalue weighted by molar-refractivity contribution is -0.138. The van der Waals surface area contributed by atoms with Crippen LogP contribution in [0.2, 0.25) is 0 Å². The van der Waals surface area contributed by atoms with E-state index in [4.69, 9.17) is 15.2 Å². The lowest BCUT2D eigenvalue weighted by Crippen LogP contribution is -2.47. The Kier molecular flexibility index (Phi) is 6.79. The van der Waals surface area contributed by atoms with Gasteiger partial charge < -0.3 is 24.6 Å². The number of hydrogen-bond acceptors (Lipinski definition) is 9. The Morgan fingerprint density at radius 3 is 2.67 bits per heavy atom. The molecule has 7 atom stereocenters. The number of carboxylic acid groups (broad SMARTS) is 1. The number of ether oxygens (including phenoxy) is 1. The molecule has 1 saturated heterocycles. The lowest BCUT2D eigenvalue weighted by atomic mass is 9.96. The molecule has 0 bridgehead atoms. The third kappa shape index (κ3) is 5.58. The fraction of sp³-hybridized carbons (Fsp3) is 0.421. The maximum atomic E-state index is 13.3. The number of hydrogen-bond donors (Lipinski definition) is 5. The second-order valence-corrected chi connectivity index (χ2v) is 9.12. The SMILES string of the molecule is [2H]C(O[P@@](=O)(NC(C)C(=O)O)Oc1ccccc1)[C@H]1O[C@@H](n2ccc(=O)[nH]c2=O)[C@](C)(O)[C@@H]1O. The Hall–Kier alpha value is -2.80. The van der Waals surface area contributed by atoms with Crippen LogP contribution in [0.1, 0.15) is 21.4 Å². The summed E-state index contributed by atoms with van der Waals surface area (Å²) >= 11 is 0. The van der Waals surface area contributed by atoms with Gasteiger partial charge in [0, 0.05) is 12.3 Å². The van der Waals surface area contributed by atoms with Gasteiger partial charge in [0.1, 0.15) is 29.6 Å². The predicted octanol–water partition coefficient (Wildman–Crippen LogP) is -0.188. The summed E-state index contributed by atoms with van der Waals surface area (Å²) < 4.78 is 38.5. The number of aliphatic hydroxyl groups is 2. The zero-order valence-electron chi connectivity index (χ0n) is 18.5. The molecule has 1 fully saturated rings. The van der Waals surface area contributed by atoms with Gasteiger partial charge in [0.25, 0.3) is 5.56 Å². The molecule has 33 heavy (non-hydrogen) atoms. The van der Waals surface area contributed by atoms with E-state index in [2.05, 4.69) is 5.09 Å². The van der Waals surface area contributed by atoms with E-state index in [9.17, 15) is 34.3 Å². The molecule has 1 aromatic carbocycles. The first-order valence-corrected chi connectivity index (χ1v) is 11.2. The minimum atomic E-state index is -4.54. The quantitative estimate of drug-likeness (QED) is 0.295. The molecule has 2 unspecified atom stereocenters. The molecule has 0 spiro atoms. The smallest absolute Gasteiger partial charge is 0.459 e. The number of aliphatic hydroxyl groups excluding tert-OH is 1. The van der Waals surface area contributed by atoms with Gasteiger partial charge in [-0.1, -0.05) is 18.2 Å². The van der Waals surface area contributed by atoms with Gasteiger partial charge in [-0.05, 0) is 26.0 Å². The zero-order valence-corrected chi connectivity index (χ0v) is 18.4. The second kappa shape index (κ2) is 9.59. The molecule has 0 radical (unpaired) electrons. The highest BCUT2D eigenvalue weighted by atomic mass is 31.2. The van der Waals surface area contributed by atoms with Gasteiger partial charge in [-0.15, -0.1) is 0 Å². The van der Waals surface area contributed by atoms with E-state index in [-0.39, 0.29) is 5.75 Å². The summed E-state index contributed by atoms with van der Waals surface area (Å²) in [7, 11) is -4.54. The Balaban J connectivity index is 1.87. The van der Waals surface area contributed by atoms with Gasteiger partial charge in [-0.3, -0.25) is 23.7 Å². The van der Waals surface area contributed by atoms with Crippen LogP contribution in [0.25, 0.3) is 0 Å². The van der Waals surface area contributed by atoms with Crippen LogP contribution in [-0.2, 0) is 18.6 Å². The highest BCUT2D eigenvalue weighted by molar-refractivity contribution is 7.52. The summed E-state index contributed by atoms with van der Waals surface area (Å²) in [4.78, 5) is 36.7. The van der Waals surface area contributed by atoms with Crippen molar-refractivity contribution in [1.82, 2.24) is 14.6 Å². The predicted molar refractivity (Wildman–Crippen MR) is 113 cm³/mol. The average molecular weight is 486 g/mol. The topological polar surface area (TPSA) is 189 Å². The first kappa shape index (κ1) is 23.4. The molecule has 3 rings (SSSR count). The number of nitrogens with one attached hydrogen (secondary N) is 2. The third-order valence-electron chi connectivity index (χ3n) is 4.82. The van der Waals surface area contributed by atoms with Gasteiger partial charge in [0.2, 0.25) is 0 Å². The third-order valence-corrected chi connectivity index (χ3v) is 6.38. The molecule has 14 heteroatoms. The van der Waals surface area contributed by atoms with Crippen molar-refractivity contribution in [2.45, 2.75) is 43.9 Å². The first-order valence-electron chi connectivity index (χ1n) is 10.2. The van der Waals surface area contributed by atoms with Gasteiger partial charge in [-0.2, -0.15) is 5.09 Å². The van der Waals surface area contributed by atoms with E-state index in [1.807, 2.05) is 4.98 Å². The average Bonchev–Trinajstić information content (AvgIpc) is 2.98. The van der Waals surface area contributed by atoms with Crippen molar-refractivity contribution in [3.05, 3.63) is 63.4 Å². The molecule has 2 aromatic rings. The minimum Gasteiger partial charge on any atom is -0.480 e. The van der Waals surface area contributed by atoms with Crippen molar-refractivity contribution >= 4 is 13.7 Å². The Morgan fingerprint density at radius 2 is 2.06 bits per heavy atom. The van der Waals surface area contributed by atoms with Crippen molar-refractivity contribution in [1.29, 1.82) is 0 Å². The van der Waals surface area contributed by atoms with E-state index in [0.29, 0.717) is 0 Å². The van der Waals surface area contributed by atoms with Crippen molar-refractivity contribution < 1.29 is 39.8 Å². The monoisotopic (exact) mass is 486 g/mol. The van der Waals surface area contributed by atoms with Crippen LogP contribution < -0.4 is 20.9 Å². The van der Waals surface area contributed by atoms with Gasteiger partial charge in [-0.25, -0.2) is 9.36 Å². The summed E-state index contributed by atoms with van der Waals surface area (Å²) in [6, 6.07) is 7.21. The standard InChI is InChI=1S/C19H24N3O10P/c1-11(16(25)26)21-33(29,32-12-6-4-3-5-7-12)30-10-13-15(24)19(2,28)17(31-13)22-9-8-14(23)20-18(22)27/h3-9,11,13,15,17,24,28H,10H2,1-2H3,(H,21,29)(H,25,26)(H,20,23,27)/t11?,13-,15-,17-,19-,33+/m1/s1/i10D/t10?,11?,13-,15-,17-,19-,33+. The summed E-state index contributed by atoms with van der Waals surface area (Å²) in [6.07, 6.45) is -3.99. The van der Waals surface area contributed by atoms with E-state index in [1.54, 1.807) is 18.2 Å². The van der Waals surface area contributed by atoms with E-state index in [0.717, 1.165) is 23.8 Å².